The zero-order valence-corrected chi connectivity index (χ0v) is 19.2. The Bertz CT molecular complexity index is 998. The summed E-state index contributed by atoms with van der Waals surface area (Å²) < 4.78 is 11.7. The van der Waals surface area contributed by atoms with Gasteiger partial charge in [-0.1, -0.05) is 42.1 Å². The van der Waals surface area contributed by atoms with Gasteiger partial charge in [-0.3, -0.25) is 9.59 Å². The van der Waals surface area contributed by atoms with Crippen LogP contribution in [0.4, 0.5) is 0 Å². The minimum absolute atomic E-state index is 0.0904. The van der Waals surface area contributed by atoms with Crippen molar-refractivity contribution < 1.29 is 19.1 Å². The van der Waals surface area contributed by atoms with Crippen LogP contribution >= 0.6 is 27.7 Å². The smallest absolute Gasteiger partial charge is 0.257 e. The summed E-state index contributed by atoms with van der Waals surface area (Å²) >= 11 is 4.75. The van der Waals surface area contributed by atoms with Crippen molar-refractivity contribution in [1.82, 2.24) is 10.6 Å². The molecule has 2 N–H and O–H groups in total. The number of amides is 2. The van der Waals surface area contributed by atoms with Gasteiger partial charge in [-0.25, -0.2) is 0 Å². The lowest BCUT2D eigenvalue weighted by molar-refractivity contribution is -0.123. The zero-order valence-electron chi connectivity index (χ0n) is 16.8. The zero-order chi connectivity index (χ0) is 22.1. The molecule has 1 aliphatic rings. The van der Waals surface area contributed by atoms with Gasteiger partial charge in [0.25, 0.3) is 5.91 Å². The van der Waals surface area contributed by atoms with Gasteiger partial charge in [0.05, 0.1) is 19.1 Å². The summed E-state index contributed by atoms with van der Waals surface area (Å²) in [6, 6.07) is 13.4. The molecule has 162 valence electrons. The predicted molar refractivity (Wildman–Crippen MR) is 125 cm³/mol. The number of rotatable bonds is 9. The molecule has 0 radical (unpaired) electrons. The van der Waals surface area contributed by atoms with Crippen molar-refractivity contribution in [3.63, 3.8) is 0 Å². The van der Waals surface area contributed by atoms with Gasteiger partial charge in [-0.2, -0.15) is 5.10 Å². The fourth-order valence-corrected chi connectivity index (χ4v) is 3.69. The van der Waals surface area contributed by atoms with E-state index in [0.717, 1.165) is 12.0 Å². The third kappa shape index (κ3) is 7.11. The second-order valence-electron chi connectivity index (χ2n) is 6.39. The van der Waals surface area contributed by atoms with E-state index in [0.29, 0.717) is 39.0 Å². The van der Waals surface area contributed by atoms with E-state index in [1.54, 1.807) is 12.1 Å². The number of hydrogen-bond donors (Lipinski definition) is 2. The largest absolute Gasteiger partial charge is 0.493 e. The molecule has 0 spiro atoms. The van der Waals surface area contributed by atoms with E-state index >= 15 is 0 Å². The molecule has 1 aliphatic heterocycles. The topological polar surface area (TPSA) is 101 Å². The first-order valence-corrected chi connectivity index (χ1v) is 11.2. The van der Waals surface area contributed by atoms with Crippen molar-refractivity contribution >= 4 is 50.9 Å². The lowest BCUT2D eigenvalue weighted by Gasteiger charge is -2.12. The number of nitrogens with zero attached hydrogens (tertiary/aromatic N) is 2. The van der Waals surface area contributed by atoms with E-state index in [9.17, 15) is 9.59 Å². The van der Waals surface area contributed by atoms with E-state index in [1.165, 1.54) is 25.1 Å². The van der Waals surface area contributed by atoms with Crippen LogP contribution in [-0.4, -0.2) is 49.2 Å². The summed E-state index contributed by atoms with van der Waals surface area (Å²) in [5.41, 5.74) is 1.86. The third-order valence-corrected chi connectivity index (χ3v) is 5.70. The molecule has 2 aromatic carbocycles. The van der Waals surface area contributed by atoms with Crippen molar-refractivity contribution in [2.24, 2.45) is 10.2 Å². The van der Waals surface area contributed by atoms with Crippen molar-refractivity contribution in [2.45, 2.75) is 6.42 Å². The Balaban J connectivity index is 1.54. The molecule has 2 aromatic rings. The number of ether oxygens (including phenoxy) is 2. The number of methoxy groups -OCH3 is 1. The van der Waals surface area contributed by atoms with E-state index in [2.05, 4.69) is 36.8 Å². The van der Waals surface area contributed by atoms with Crippen molar-refractivity contribution in [3.05, 3.63) is 58.1 Å². The van der Waals surface area contributed by atoms with Crippen LogP contribution in [0, 0.1) is 0 Å². The van der Waals surface area contributed by atoms with Crippen LogP contribution < -0.4 is 20.1 Å². The van der Waals surface area contributed by atoms with Gasteiger partial charge in [0.2, 0.25) is 5.91 Å². The highest BCUT2D eigenvalue weighted by Gasteiger charge is 2.16. The van der Waals surface area contributed by atoms with Crippen LogP contribution in [-0.2, 0) is 16.0 Å². The number of nitrogens with one attached hydrogen (secondary N) is 2. The number of thioether (sulfide) groups is 1. The van der Waals surface area contributed by atoms with Gasteiger partial charge < -0.3 is 20.1 Å². The summed E-state index contributed by atoms with van der Waals surface area (Å²) in [5, 5.41) is 13.9. The molecule has 0 atom stereocenters. The van der Waals surface area contributed by atoms with E-state index in [-0.39, 0.29) is 18.4 Å². The Labute approximate surface area is 192 Å². The first kappa shape index (κ1) is 22.8. The monoisotopic (exact) mass is 504 g/mol. The maximum atomic E-state index is 12.1. The molecule has 0 bridgehead atoms. The molecule has 0 aromatic heterocycles. The Kier molecular flexibility index (Phi) is 8.48. The molecular formula is C21H21BrN4O4S. The summed E-state index contributed by atoms with van der Waals surface area (Å²) in [6.07, 6.45) is 2.28. The van der Waals surface area contributed by atoms with Gasteiger partial charge in [-0.05, 0) is 40.0 Å². The first-order valence-electron chi connectivity index (χ1n) is 9.40. The quantitative estimate of drug-likeness (QED) is 0.403. The highest BCUT2D eigenvalue weighted by molar-refractivity contribution is 9.10. The second-order valence-corrected chi connectivity index (χ2v) is 8.20. The predicted octanol–water partition coefficient (Wildman–Crippen LogP) is 2.75. The van der Waals surface area contributed by atoms with Crippen molar-refractivity contribution in [1.29, 1.82) is 0 Å². The molecule has 2 amide bonds. The highest BCUT2D eigenvalue weighted by atomic mass is 79.9. The summed E-state index contributed by atoms with van der Waals surface area (Å²) in [6.45, 7) is 0.402. The van der Waals surface area contributed by atoms with Gasteiger partial charge >= 0.3 is 0 Å². The number of amidine groups is 1. The molecule has 8 nitrogen and oxygen atoms in total. The average molecular weight is 505 g/mol. The summed E-state index contributed by atoms with van der Waals surface area (Å²) in [4.78, 5) is 23.3. The van der Waals surface area contributed by atoms with Gasteiger partial charge in [0.15, 0.2) is 23.3 Å². The second kappa shape index (κ2) is 11.5. The maximum absolute atomic E-state index is 12.1. The molecule has 0 saturated carbocycles. The highest BCUT2D eigenvalue weighted by Crippen LogP contribution is 2.33. The summed E-state index contributed by atoms with van der Waals surface area (Å²) in [5.74, 6) is 0.921. The van der Waals surface area contributed by atoms with Gasteiger partial charge in [-0.15, -0.1) is 5.10 Å². The normalized spacial score (nSPS) is 14.6. The fourth-order valence-electron chi connectivity index (χ4n) is 2.63. The van der Waals surface area contributed by atoms with Crippen LogP contribution in [0.5, 0.6) is 11.5 Å². The van der Waals surface area contributed by atoms with Crippen LogP contribution in [0.25, 0.3) is 0 Å². The standard InChI is InChI=1S/C21H21BrN4O4S/c1-29-17-9-15(11-24-26-21-25-20(28)13-31-21)16(22)10-18(17)30-12-19(27)23-8-7-14-5-3-2-4-6-14/h2-6,9-11H,7-8,12-13H2,1H3,(H,23,27)(H,25,26,28). The molecule has 0 aliphatic carbocycles. The fraction of sp³-hybridized carbons (Fsp3) is 0.238. The lowest BCUT2D eigenvalue weighted by atomic mass is 10.1. The Hall–Kier alpha value is -2.85. The lowest BCUT2D eigenvalue weighted by Crippen LogP contribution is -2.30. The van der Waals surface area contributed by atoms with Gasteiger partial charge in [0.1, 0.15) is 0 Å². The SMILES string of the molecule is COc1cc(C=NN=C2NC(=O)CS2)c(Br)cc1OCC(=O)NCCc1ccccc1. The molecule has 31 heavy (non-hydrogen) atoms. The van der Waals surface area contributed by atoms with E-state index < -0.39 is 0 Å². The molecule has 10 heteroatoms. The van der Waals surface area contributed by atoms with E-state index in [4.69, 9.17) is 9.47 Å². The third-order valence-electron chi connectivity index (χ3n) is 4.15. The number of benzene rings is 2. The van der Waals surface area contributed by atoms with Crippen molar-refractivity contribution in [2.75, 3.05) is 26.0 Å². The van der Waals surface area contributed by atoms with Crippen LogP contribution in [0.15, 0.2) is 57.1 Å². The number of carbonyl (C=O) groups is 2. The Morgan fingerprint density at radius 3 is 2.81 bits per heavy atom. The maximum Gasteiger partial charge on any atom is 0.257 e. The molecule has 1 heterocycles. The number of carbonyl (C=O) groups excluding carboxylic acids is 2. The van der Waals surface area contributed by atoms with Gasteiger partial charge in [0, 0.05) is 16.6 Å². The molecule has 1 saturated heterocycles. The van der Waals surface area contributed by atoms with Crippen molar-refractivity contribution in [3.8, 4) is 11.5 Å². The molecular weight excluding hydrogens is 484 g/mol. The van der Waals surface area contributed by atoms with Crippen LogP contribution in [0.3, 0.4) is 0 Å². The molecule has 0 unspecified atom stereocenters. The minimum atomic E-state index is -0.216. The number of halogens is 1. The van der Waals surface area contributed by atoms with E-state index in [1.807, 2.05) is 30.3 Å². The average Bonchev–Trinajstić information content (AvgIpc) is 3.19. The summed E-state index contributed by atoms with van der Waals surface area (Å²) in [7, 11) is 1.52. The Morgan fingerprint density at radius 2 is 2.10 bits per heavy atom. The number of hydrogen-bond acceptors (Lipinski definition) is 7. The molecule has 3 rings (SSSR count). The van der Waals surface area contributed by atoms with Crippen LogP contribution in [0.2, 0.25) is 0 Å². The van der Waals surface area contributed by atoms with Crippen LogP contribution in [0.1, 0.15) is 11.1 Å². The first-order chi connectivity index (χ1) is 15.0. The molecule has 1 fully saturated rings. The minimum Gasteiger partial charge on any atom is -0.493 e. The Morgan fingerprint density at radius 1 is 1.29 bits per heavy atom.